The number of hydrogen-bond donors (Lipinski definition) is 2. The maximum absolute atomic E-state index is 12.4. The van der Waals surface area contributed by atoms with Crippen molar-refractivity contribution < 1.29 is 17.2 Å². The topological polar surface area (TPSA) is 93.0 Å². The minimum Gasteiger partial charge on any atom is -0.320 e. The molecule has 0 aliphatic heterocycles. The quantitative estimate of drug-likeness (QED) is 0.774. The van der Waals surface area contributed by atoms with Crippen LogP contribution >= 0.6 is 0 Å². The van der Waals surface area contributed by atoms with E-state index in [2.05, 4.69) is 0 Å². The van der Waals surface area contributed by atoms with E-state index < -0.39 is 32.6 Å². The van der Waals surface area contributed by atoms with Gasteiger partial charge in [0.25, 0.3) is 12.0 Å². The van der Waals surface area contributed by atoms with Gasteiger partial charge in [-0.25, -0.2) is 22.3 Å². The van der Waals surface area contributed by atoms with Crippen molar-refractivity contribution in [3.8, 4) is 0 Å². The third-order valence-electron chi connectivity index (χ3n) is 1.74. The Labute approximate surface area is 84.0 Å². The zero-order chi connectivity index (χ0) is 11.8. The van der Waals surface area contributed by atoms with E-state index in [4.69, 9.17) is 5.14 Å². The van der Waals surface area contributed by atoms with Crippen LogP contribution in [0.15, 0.2) is 15.8 Å². The van der Waals surface area contributed by atoms with Gasteiger partial charge in [0.05, 0.1) is 0 Å². The fraction of sp³-hybridized carbons (Fsp3) is 0.286. The summed E-state index contributed by atoms with van der Waals surface area (Å²) in [6.45, 7) is 1.29. The molecule has 0 unspecified atom stereocenters. The van der Waals surface area contributed by atoms with Crippen LogP contribution in [0.5, 0.6) is 0 Å². The van der Waals surface area contributed by atoms with Crippen molar-refractivity contribution in [3.05, 3.63) is 27.7 Å². The Morgan fingerprint density at radius 1 is 1.47 bits per heavy atom. The lowest BCUT2D eigenvalue weighted by atomic mass is 10.3. The summed E-state index contributed by atoms with van der Waals surface area (Å²) in [6.07, 6.45) is -3.10. The molecule has 0 atom stereocenters. The smallest absolute Gasteiger partial charge is 0.279 e. The molecule has 0 bridgehead atoms. The van der Waals surface area contributed by atoms with Gasteiger partial charge in [0, 0.05) is 5.56 Å². The molecular formula is C7H8F2N2O3S. The summed E-state index contributed by atoms with van der Waals surface area (Å²) in [7, 11) is -4.27. The Kier molecular flexibility index (Phi) is 2.91. The number of pyridine rings is 1. The fourth-order valence-electron chi connectivity index (χ4n) is 1.02. The van der Waals surface area contributed by atoms with Gasteiger partial charge in [0.1, 0.15) is 10.6 Å². The third-order valence-corrected chi connectivity index (χ3v) is 2.69. The zero-order valence-corrected chi connectivity index (χ0v) is 8.44. The number of alkyl halides is 2. The van der Waals surface area contributed by atoms with Crippen LogP contribution in [-0.2, 0) is 10.0 Å². The van der Waals surface area contributed by atoms with E-state index in [-0.39, 0.29) is 5.56 Å². The number of hydrogen-bond acceptors (Lipinski definition) is 3. The van der Waals surface area contributed by atoms with Crippen LogP contribution < -0.4 is 10.7 Å². The summed E-state index contributed by atoms with van der Waals surface area (Å²) < 4.78 is 46.6. The summed E-state index contributed by atoms with van der Waals surface area (Å²) in [5.74, 6) is 0. The molecule has 84 valence electrons. The number of primary sulfonamides is 1. The molecule has 0 aliphatic carbocycles. The van der Waals surface area contributed by atoms with Crippen molar-refractivity contribution in [3.63, 3.8) is 0 Å². The van der Waals surface area contributed by atoms with Crippen molar-refractivity contribution in [2.45, 2.75) is 18.2 Å². The van der Waals surface area contributed by atoms with E-state index in [0.717, 1.165) is 6.07 Å². The van der Waals surface area contributed by atoms with Gasteiger partial charge in [0.15, 0.2) is 0 Å². The molecule has 0 spiro atoms. The molecule has 1 aromatic heterocycles. The van der Waals surface area contributed by atoms with Crippen molar-refractivity contribution in [1.29, 1.82) is 0 Å². The number of rotatable bonds is 2. The summed E-state index contributed by atoms with van der Waals surface area (Å²) in [4.78, 5) is 12.0. The van der Waals surface area contributed by atoms with Gasteiger partial charge in [-0.1, -0.05) is 0 Å². The largest absolute Gasteiger partial charge is 0.320 e. The van der Waals surface area contributed by atoms with E-state index in [9.17, 15) is 22.0 Å². The standard InChI is InChI=1S/C7H8F2N2O3S/c1-3-2-4(15(10,13)14)5(6(8)9)11-7(3)12/h2,6H,1H3,(H,11,12)(H2,10,13,14). The highest BCUT2D eigenvalue weighted by atomic mass is 32.2. The lowest BCUT2D eigenvalue weighted by molar-refractivity contribution is 0.142. The van der Waals surface area contributed by atoms with Gasteiger partial charge in [-0.15, -0.1) is 0 Å². The van der Waals surface area contributed by atoms with Crippen molar-refractivity contribution in [2.75, 3.05) is 0 Å². The lowest BCUT2D eigenvalue weighted by Crippen LogP contribution is -2.21. The van der Waals surface area contributed by atoms with Gasteiger partial charge >= 0.3 is 0 Å². The molecule has 0 amide bonds. The molecule has 1 rings (SSSR count). The Hall–Kier alpha value is -1.28. The number of sulfonamides is 1. The number of H-pyrrole nitrogens is 1. The molecule has 5 nitrogen and oxygen atoms in total. The highest BCUT2D eigenvalue weighted by molar-refractivity contribution is 7.89. The summed E-state index contributed by atoms with van der Waals surface area (Å²) in [5.41, 5.74) is -1.74. The van der Waals surface area contributed by atoms with Gasteiger partial charge in [-0.05, 0) is 13.0 Å². The molecule has 0 aliphatic rings. The molecule has 0 radical (unpaired) electrons. The average molecular weight is 238 g/mol. The van der Waals surface area contributed by atoms with Crippen molar-refractivity contribution >= 4 is 10.0 Å². The molecule has 8 heteroatoms. The Morgan fingerprint density at radius 2 is 2.00 bits per heavy atom. The summed E-state index contributed by atoms with van der Waals surface area (Å²) >= 11 is 0. The number of aromatic amines is 1. The summed E-state index contributed by atoms with van der Waals surface area (Å²) in [5, 5.41) is 4.73. The minimum absolute atomic E-state index is 0.00317. The molecule has 0 saturated heterocycles. The highest BCUT2D eigenvalue weighted by Gasteiger charge is 2.22. The van der Waals surface area contributed by atoms with Gasteiger partial charge in [-0.3, -0.25) is 4.79 Å². The monoisotopic (exact) mass is 238 g/mol. The third kappa shape index (κ3) is 2.39. The van der Waals surface area contributed by atoms with E-state index in [1.54, 1.807) is 4.98 Å². The first-order chi connectivity index (χ1) is 6.73. The molecule has 0 fully saturated rings. The number of aromatic nitrogens is 1. The molecule has 15 heavy (non-hydrogen) atoms. The van der Waals surface area contributed by atoms with Gasteiger partial charge in [0.2, 0.25) is 10.0 Å². The molecule has 3 N–H and O–H groups in total. The Bertz CT molecular complexity index is 536. The lowest BCUT2D eigenvalue weighted by Gasteiger charge is -2.06. The normalized spacial score (nSPS) is 12.1. The number of nitrogens with one attached hydrogen (secondary N) is 1. The first-order valence-corrected chi connectivity index (χ1v) is 5.33. The minimum atomic E-state index is -4.27. The average Bonchev–Trinajstić information content (AvgIpc) is 2.06. The Morgan fingerprint density at radius 3 is 2.40 bits per heavy atom. The van der Waals surface area contributed by atoms with Gasteiger partial charge in [-0.2, -0.15) is 0 Å². The highest BCUT2D eigenvalue weighted by Crippen LogP contribution is 2.22. The van der Waals surface area contributed by atoms with Crippen LogP contribution in [0, 0.1) is 6.92 Å². The van der Waals surface area contributed by atoms with E-state index in [1.165, 1.54) is 6.92 Å². The fourth-order valence-corrected chi connectivity index (χ4v) is 1.81. The van der Waals surface area contributed by atoms with Crippen molar-refractivity contribution in [2.24, 2.45) is 5.14 Å². The van der Waals surface area contributed by atoms with Crippen LogP contribution in [0.3, 0.4) is 0 Å². The van der Waals surface area contributed by atoms with Crippen LogP contribution in [0.2, 0.25) is 0 Å². The maximum Gasteiger partial charge on any atom is 0.279 e. The van der Waals surface area contributed by atoms with Crippen LogP contribution in [0.25, 0.3) is 0 Å². The van der Waals surface area contributed by atoms with Crippen molar-refractivity contribution in [1.82, 2.24) is 4.98 Å². The number of aryl methyl sites for hydroxylation is 1. The second-order valence-electron chi connectivity index (χ2n) is 2.91. The second-order valence-corrected chi connectivity index (χ2v) is 4.43. The van der Waals surface area contributed by atoms with Crippen LogP contribution in [0.4, 0.5) is 8.78 Å². The molecular weight excluding hydrogens is 230 g/mol. The first kappa shape index (κ1) is 11.8. The molecule has 0 aromatic carbocycles. The first-order valence-electron chi connectivity index (χ1n) is 3.78. The van der Waals surface area contributed by atoms with Crippen LogP contribution in [-0.4, -0.2) is 13.4 Å². The SMILES string of the molecule is Cc1cc(S(N)(=O)=O)c(C(F)F)[nH]c1=O. The van der Waals surface area contributed by atoms with Crippen LogP contribution in [0.1, 0.15) is 17.7 Å². The number of halogens is 2. The van der Waals surface area contributed by atoms with E-state index >= 15 is 0 Å². The maximum atomic E-state index is 12.4. The Balaban J connectivity index is 3.64. The second kappa shape index (κ2) is 3.70. The number of nitrogens with two attached hydrogens (primary N) is 1. The van der Waals surface area contributed by atoms with Gasteiger partial charge < -0.3 is 4.98 Å². The zero-order valence-electron chi connectivity index (χ0n) is 7.62. The predicted octanol–water partition coefficient (Wildman–Crippen LogP) is 0.268. The predicted molar refractivity (Wildman–Crippen MR) is 48.1 cm³/mol. The summed E-state index contributed by atoms with van der Waals surface area (Å²) in [6, 6.07) is 0.829. The molecule has 0 saturated carbocycles. The van der Waals surface area contributed by atoms with E-state index in [0.29, 0.717) is 0 Å². The van der Waals surface area contributed by atoms with E-state index in [1.807, 2.05) is 0 Å². The molecule has 1 heterocycles. The molecule has 1 aromatic rings.